The standard InChI is InChI=1S/C23H27N3O/c1-16-14-19-22-20-4-3-11-25(20)12-10-21(22)26(23(19)24-15-16)13-9-17-5-7-18(27-2)8-6-17/h5-8,14-15,20H,3-4,9-13H2,1-2H3. The van der Waals surface area contributed by atoms with E-state index in [2.05, 4.69) is 46.7 Å². The first-order valence-corrected chi connectivity index (χ1v) is 10.1. The second kappa shape index (κ2) is 6.68. The van der Waals surface area contributed by atoms with Gasteiger partial charge in [0.05, 0.1) is 7.11 Å². The van der Waals surface area contributed by atoms with Crippen LogP contribution in [0.4, 0.5) is 0 Å². The molecule has 4 heteroatoms. The number of benzene rings is 1. The normalized spacial score (nSPS) is 19.3. The minimum absolute atomic E-state index is 0.599. The number of nitrogens with zero attached hydrogens (tertiary/aromatic N) is 3. The quantitative estimate of drug-likeness (QED) is 0.694. The molecule has 0 saturated carbocycles. The molecule has 1 aromatic carbocycles. The molecule has 4 nitrogen and oxygen atoms in total. The van der Waals surface area contributed by atoms with Crippen LogP contribution in [0.2, 0.25) is 0 Å². The summed E-state index contributed by atoms with van der Waals surface area (Å²) in [4.78, 5) is 7.54. The number of fused-ring (bicyclic) bond motifs is 5. The van der Waals surface area contributed by atoms with Crippen LogP contribution in [0.5, 0.6) is 5.75 Å². The summed E-state index contributed by atoms with van der Waals surface area (Å²) in [6.45, 7) is 5.58. The third-order valence-electron chi connectivity index (χ3n) is 6.30. The average molecular weight is 361 g/mol. The fraction of sp³-hybridized carbons (Fsp3) is 0.435. The third kappa shape index (κ3) is 2.83. The zero-order chi connectivity index (χ0) is 18.4. The molecule has 2 aliphatic rings. The van der Waals surface area contributed by atoms with Gasteiger partial charge in [0.1, 0.15) is 11.4 Å². The monoisotopic (exact) mass is 361 g/mol. The molecule has 1 saturated heterocycles. The van der Waals surface area contributed by atoms with Gasteiger partial charge in [0.2, 0.25) is 0 Å². The highest BCUT2D eigenvalue weighted by atomic mass is 16.5. The molecule has 2 aromatic heterocycles. The molecule has 0 bridgehead atoms. The maximum atomic E-state index is 5.28. The third-order valence-corrected chi connectivity index (χ3v) is 6.30. The molecule has 0 amide bonds. The van der Waals surface area contributed by atoms with E-state index >= 15 is 0 Å². The summed E-state index contributed by atoms with van der Waals surface area (Å²) < 4.78 is 7.79. The lowest BCUT2D eigenvalue weighted by Gasteiger charge is -2.31. The Hall–Kier alpha value is -2.33. The van der Waals surface area contributed by atoms with Crippen molar-refractivity contribution in [2.75, 3.05) is 20.2 Å². The Balaban J connectivity index is 1.53. The van der Waals surface area contributed by atoms with Crippen LogP contribution in [0.3, 0.4) is 0 Å². The van der Waals surface area contributed by atoms with Crippen molar-refractivity contribution in [1.29, 1.82) is 0 Å². The van der Waals surface area contributed by atoms with E-state index in [1.54, 1.807) is 12.7 Å². The summed E-state index contributed by atoms with van der Waals surface area (Å²) >= 11 is 0. The van der Waals surface area contributed by atoms with E-state index in [0.29, 0.717) is 6.04 Å². The van der Waals surface area contributed by atoms with Gasteiger partial charge in [-0.25, -0.2) is 4.98 Å². The van der Waals surface area contributed by atoms with Crippen molar-refractivity contribution in [3.63, 3.8) is 0 Å². The first-order chi connectivity index (χ1) is 13.2. The van der Waals surface area contributed by atoms with Crippen molar-refractivity contribution in [2.24, 2.45) is 0 Å². The minimum Gasteiger partial charge on any atom is -0.497 e. The number of aromatic nitrogens is 2. The number of rotatable bonds is 4. The lowest BCUT2D eigenvalue weighted by Crippen LogP contribution is -2.31. The second-order valence-corrected chi connectivity index (χ2v) is 7.94. The largest absolute Gasteiger partial charge is 0.497 e. The van der Waals surface area contributed by atoms with Gasteiger partial charge in [-0.15, -0.1) is 0 Å². The molecular weight excluding hydrogens is 334 g/mol. The van der Waals surface area contributed by atoms with Gasteiger partial charge < -0.3 is 9.30 Å². The number of hydrogen-bond acceptors (Lipinski definition) is 3. The highest BCUT2D eigenvalue weighted by molar-refractivity contribution is 5.84. The SMILES string of the molecule is COc1ccc(CCn2c3c(c4cc(C)cnc42)C2CCCN2CC3)cc1. The van der Waals surface area contributed by atoms with Gasteiger partial charge >= 0.3 is 0 Å². The van der Waals surface area contributed by atoms with Crippen LogP contribution in [0.15, 0.2) is 36.5 Å². The molecule has 1 unspecified atom stereocenters. The van der Waals surface area contributed by atoms with Gasteiger partial charge in [-0.3, -0.25) is 4.90 Å². The summed E-state index contributed by atoms with van der Waals surface area (Å²) in [6.07, 6.45) is 6.79. The molecule has 1 fully saturated rings. The molecule has 0 spiro atoms. The van der Waals surface area contributed by atoms with E-state index in [9.17, 15) is 0 Å². The van der Waals surface area contributed by atoms with E-state index in [0.717, 1.165) is 25.1 Å². The Kier molecular flexibility index (Phi) is 4.16. The van der Waals surface area contributed by atoms with Gasteiger partial charge in [0.25, 0.3) is 0 Å². The molecule has 140 valence electrons. The summed E-state index contributed by atoms with van der Waals surface area (Å²) in [7, 11) is 1.72. The smallest absolute Gasteiger partial charge is 0.140 e. The van der Waals surface area contributed by atoms with E-state index in [1.807, 2.05) is 6.20 Å². The second-order valence-electron chi connectivity index (χ2n) is 7.94. The topological polar surface area (TPSA) is 30.3 Å². The Morgan fingerprint density at radius 2 is 2.04 bits per heavy atom. The molecule has 3 aromatic rings. The van der Waals surface area contributed by atoms with Gasteiger partial charge in [0, 0.05) is 42.8 Å². The predicted molar refractivity (Wildman–Crippen MR) is 108 cm³/mol. The van der Waals surface area contributed by atoms with Crippen molar-refractivity contribution in [1.82, 2.24) is 14.5 Å². The van der Waals surface area contributed by atoms with Crippen molar-refractivity contribution in [2.45, 2.75) is 45.2 Å². The van der Waals surface area contributed by atoms with Crippen molar-refractivity contribution in [3.8, 4) is 5.75 Å². The summed E-state index contributed by atoms with van der Waals surface area (Å²) in [5, 5.41) is 1.39. The van der Waals surface area contributed by atoms with Gasteiger partial charge in [0.15, 0.2) is 0 Å². The lowest BCUT2D eigenvalue weighted by molar-refractivity contribution is 0.242. The summed E-state index contributed by atoms with van der Waals surface area (Å²) in [5.74, 6) is 0.918. The first-order valence-electron chi connectivity index (χ1n) is 10.1. The highest BCUT2D eigenvalue weighted by Gasteiger charge is 2.35. The first kappa shape index (κ1) is 16.8. The van der Waals surface area contributed by atoms with Crippen LogP contribution in [-0.4, -0.2) is 34.7 Å². The molecule has 4 heterocycles. The van der Waals surface area contributed by atoms with E-state index in [-0.39, 0.29) is 0 Å². The van der Waals surface area contributed by atoms with Gasteiger partial charge in [-0.1, -0.05) is 12.1 Å². The van der Waals surface area contributed by atoms with Crippen LogP contribution < -0.4 is 4.74 Å². The summed E-state index contributed by atoms with van der Waals surface area (Å²) in [5.41, 5.74) is 6.87. The van der Waals surface area contributed by atoms with Crippen LogP contribution in [-0.2, 0) is 19.4 Å². The number of pyridine rings is 1. The van der Waals surface area contributed by atoms with E-state index in [4.69, 9.17) is 9.72 Å². The van der Waals surface area contributed by atoms with Gasteiger partial charge in [-0.05, 0) is 67.6 Å². The van der Waals surface area contributed by atoms with Crippen LogP contribution >= 0.6 is 0 Å². The average Bonchev–Trinajstić information content (AvgIpc) is 3.28. The number of hydrogen-bond donors (Lipinski definition) is 0. The predicted octanol–water partition coefficient (Wildman–Crippen LogP) is 4.29. The Bertz CT molecular complexity index is 973. The molecule has 5 rings (SSSR count). The van der Waals surface area contributed by atoms with Crippen molar-refractivity contribution in [3.05, 3.63) is 58.9 Å². The zero-order valence-corrected chi connectivity index (χ0v) is 16.2. The molecule has 0 N–H and O–H groups in total. The summed E-state index contributed by atoms with van der Waals surface area (Å²) in [6, 6.07) is 11.4. The van der Waals surface area contributed by atoms with Crippen molar-refractivity contribution >= 4 is 11.0 Å². The lowest BCUT2D eigenvalue weighted by atomic mass is 9.96. The molecular formula is C23H27N3O. The molecule has 2 aliphatic heterocycles. The maximum Gasteiger partial charge on any atom is 0.140 e. The van der Waals surface area contributed by atoms with Crippen LogP contribution in [0.1, 0.15) is 41.3 Å². The number of aryl methyl sites for hydroxylation is 3. The van der Waals surface area contributed by atoms with Gasteiger partial charge in [-0.2, -0.15) is 0 Å². The fourth-order valence-electron chi connectivity index (χ4n) is 4.99. The number of ether oxygens (including phenoxy) is 1. The van der Waals surface area contributed by atoms with E-state index < -0.39 is 0 Å². The Morgan fingerprint density at radius 3 is 2.85 bits per heavy atom. The van der Waals surface area contributed by atoms with Crippen molar-refractivity contribution < 1.29 is 4.74 Å². The molecule has 1 atom stereocenters. The molecule has 27 heavy (non-hydrogen) atoms. The van der Waals surface area contributed by atoms with Crippen LogP contribution in [0, 0.1) is 6.92 Å². The fourth-order valence-corrected chi connectivity index (χ4v) is 4.99. The maximum absolute atomic E-state index is 5.28. The zero-order valence-electron chi connectivity index (χ0n) is 16.2. The Morgan fingerprint density at radius 1 is 1.19 bits per heavy atom. The van der Waals surface area contributed by atoms with Crippen LogP contribution in [0.25, 0.3) is 11.0 Å². The molecule has 0 radical (unpaired) electrons. The minimum atomic E-state index is 0.599. The molecule has 0 aliphatic carbocycles. The van der Waals surface area contributed by atoms with E-state index in [1.165, 1.54) is 53.8 Å². The number of methoxy groups -OCH3 is 1. The highest BCUT2D eigenvalue weighted by Crippen LogP contribution is 2.42. The Labute approximate surface area is 160 Å².